The third-order valence-corrected chi connectivity index (χ3v) is 6.17. The smallest absolute Gasteiger partial charge is 0.247 e. The Labute approximate surface area is 184 Å². The standard InChI is InChI=1S/C25H31ClN2O2/c1-18-8-12-21(13-9-18)24(25(30)27-22-14-10-19(2)11-15-22)28(23(29)16-26)17-20-6-4-3-5-7-20/h3-9,12-13,19,22,24H,10-11,14-17H2,1-2H3,(H,27,30)/t19?,22?,24-/m0/s1. The van der Waals surface area contributed by atoms with Crippen molar-refractivity contribution < 1.29 is 9.59 Å². The number of hydrogen-bond donors (Lipinski definition) is 1. The molecule has 0 aromatic heterocycles. The minimum Gasteiger partial charge on any atom is -0.351 e. The predicted molar refractivity (Wildman–Crippen MR) is 121 cm³/mol. The lowest BCUT2D eigenvalue weighted by Gasteiger charge is -2.34. The van der Waals surface area contributed by atoms with E-state index in [2.05, 4.69) is 12.2 Å². The number of alkyl halides is 1. The number of aryl methyl sites for hydroxylation is 1. The molecule has 0 radical (unpaired) electrons. The topological polar surface area (TPSA) is 49.4 Å². The number of nitrogens with one attached hydrogen (secondary N) is 1. The first-order valence-corrected chi connectivity index (χ1v) is 11.3. The molecule has 160 valence electrons. The lowest BCUT2D eigenvalue weighted by Crippen LogP contribution is -2.47. The number of halogens is 1. The van der Waals surface area contributed by atoms with E-state index in [-0.39, 0.29) is 23.7 Å². The minimum atomic E-state index is -0.712. The van der Waals surface area contributed by atoms with Gasteiger partial charge >= 0.3 is 0 Å². The molecule has 0 aliphatic heterocycles. The Bertz CT molecular complexity index is 830. The van der Waals surface area contributed by atoms with E-state index in [1.54, 1.807) is 4.90 Å². The summed E-state index contributed by atoms with van der Waals surface area (Å²) in [5, 5.41) is 3.22. The van der Waals surface area contributed by atoms with Gasteiger partial charge in [0.2, 0.25) is 11.8 Å². The summed E-state index contributed by atoms with van der Waals surface area (Å²) < 4.78 is 0. The summed E-state index contributed by atoms with van der Waals surface area (Å²) in [4.78, 5) is 27.9. The van der Waals surface area contributed by atoms with Crippen LogP contribution in [0.5, 0.6) is 0 Å². The van der Waals surface area contributed by atoms with Crippen LogP contribution in [0.1, 0.15) is 55.3 Å². The van der Waals surface area contributed by atoms with Gasteiger partial charge in [0.15, 0.2) is 0 Å². The maximum absolute atomic E-state index is 13.5. The highest BCUT2D eigenvalue weighted by atomic mass is 35.5. The molecule has 0 heterocycles. The Morgan fingerprint density at radius 2 is 1.67 bits per heavy atom. The van der Waals surface area contributed by atoms with E-state index in [0.29, 0.717) is 12.5 Å². The van der Waals surface area contributed by atoms with Crippen molar-refractivity contribution >= 4 is 23.4 Å². The third-order valence-electron chi connectivity index (χ3n) is 5.95. The molecular formula is C25H31ClN2O2. The molecule has 2 aromatic carbocycles. The fraction of sp³-hybridized carbons (Fsp3) is 0.440. The van der Waals surface area contributed by atoms with Crippen LogP contribution in [-0.4, -0.2) is 28.6 Å². The molecule has 0 spiro atoms. The largest absolute Gasteiger partial charge is 0.351 e. The van der Waals surface area contributed by atoms with Gasteiger partial charge in [0.1, 0.15) is 11.9 Å². The fourth-order valence-electron chi connectivity index (χ4n) is 4.09. The molecular weight excluding hydrogens is 396 g/mol. The van der Waals surface area contributed by atoms with Crippen LogP contribution in [0.3, 0.4) is 0 Å². The van der Waals surface area contributed by atoms with Crippen molar-refractivity contribution in [3.05, 3.63) is 71.3 Å². The molecule has 1 aliphatic rings. The maximum atomic E-state index is 13.5. The first-order valence-electron chi connectivity index (χ1n) is 10.7. The van der Waals surface area contributed by atoms with Crippen molar-refractivity contribution in [3.63, 3.8) is 0 Å². The van der Waals surface area contributed by atoms with E-state index in [4.69, 9.17) is 11.6 Å². The van der Waals surface area contributed by atoms with Gasteiger partial charge in [0.05, 0.1) is 0 Å². The molecule has 5 heteroatoms. The van der Waals surface area contributed by atoms with Crippen molar-refractivity contribution in [2.75, 3.05) is 5.88 Å². The minimum absolute atomic E-state index is 0.132. The highest BCUT2D eigenvalue weighted by Crippen LogP contribution is 2.27. The van der Waals surface area contributed by atoms with Gasteiger partial charge in [0.25, 0.3) is 0 Å². The van der Waals surface area contributed by atoms with Crippen LogP contribution in [0.15, 0.2) is 54.6 Å². The Hall–Kier alpha value is -2.33. The maximum Gasteiger partial charge on any atom is 0.247 e. The Morgan fingerprint density at radius 1 is 1.03 bits per heavy atom. The lowest BCUT2D eigenvalue weighted by atomic mass is 9.87. The molecule has 4 nitrogen and oxygen atoms in total. The number of hydrogen-bond acceptors (Lipinski definition) is 2. The molecule has 2 amide bonds. The molecule has 1 aliphatic carbocycles. The second-order valence-corrected chi connectivity index (χ2v) is 8.69. The van der Waals surface area contributed by atoms with Gasteiger partial charge in [-0.2, -0.15) is 0 Å². The van der Waals surface area contributed by atoms with E-state index in [9.17, 15) is 9.59 Å². The van der Waals surface area contributed by atoms with Crippen molar-refractivity contribution in [2.24, 2.45) is 5.92 Å². The van der Waals surface area contributed by atoms with E-state index in [1.165, 1.54) is 0 Å². The molecule has 3 rings (SSSR count). The summed E-state index contributed by atoms with van der Waals surface area (Å²) in [7, 11) is 0. The molecule has 2 aromatic rings. The van der Waals surface area contributed by atoms with E-state index in [0.717, 1.165) is 42.4 Å². The number of rotatable bonds is 7. The van der Waals surface area contributed by atoms with Crippen LogP contribution >= 0.6 is 11.6 Å². The number of benzene rings is 2. The highest BCUT2D eigenvalue weighted by molar-refractivity contribution is 6.27. The lowest BCUT2D eigenvalue weighted by molar-refractivity contribution is -0.140. The van der Waals surface area contributed by atoms with Crippen LogP contribution in [0, 0.1) is 12.8 Å². The molecule has 1 atom stereocenters. The normalized spacial score (nSPS) is 19.7. The molecule has 0 saturated heterocycles. The average Bonchev–Trinajstić information content (AvgIpc) is 2.76. The Balaban J connectivity index is 1.90. The van der Waals surface area contributed by atoms with Gasteiger partial charge in [-0.25, -0.2) is 0 Å². The first kappa shape index (κ1) is 22.4. The number of carbonyl (C=O) groups is 2. The van der Waals surface area contributed by atoms with Crippen molar-refractivity contribution in [2.45, 2.75) is 58.2 Å². The SMILES string of the molecule is Cc1ccc([C@@H](C(=O)NC2CCC(C)CC2)N(Cc2ccccc2)C(=O)CCl)cc1. The third kappa shape index (κ3) is 5.85. The zero-order valence-corrected chi connectivity index (χ0v) is 18.6. The zero-order valence-electron chi connectivity index (χ0n) is 17.8. The van der Waals surface area contributed by atoms with Crippen LogP contribution in [-0.2, 0) is 16.1 Å². The van der Waals surface area contributed by atoms with Gasteiger partial charge in [-0.1, -0.05) is 67.1 Å². The van der Waals surface area contributed by atoms with E-state index < -0.39 is 6.04 Å². The first-order chi connectivity index (χ1) is 14.5. The van der Waals surface area contributed by atoms with E-state index in [1.807, 2.05) is 61.5 Å². The van der Waals surface area contributed by atoms with Crippen molar-refractivity contribution in [3.8, 4) is 0 Å². The highest BCUT2D eigenvalue weighted by Gasteiger charge is 2.33. The van der Waals surface area contributed by atoms with Gasteiger partial charge in [-0.05, 0) is 49.7 Å². The van der Waals surface area contributed by atoms with Crippen molar-refractivity contribution in [1.82, 2.24) is 10.2 Å². The van der Waals surface area contributed by atoms with E-state index >= 15 is 0 Å². The second-order valence-electron chi connectivity index (χ2n) is 8.42. The number of nitrogens with zero attached hydrogens (tertiary/aromatic N) is 1. The van der Waals surface area contributed by atoms with Gasteiger partial charge in [-0.3, -0.25) is 9.59 Å². The van der Waals surface area contributed by atoms with Gasteiger partial charge in [-0.15, -0.1) is 11.6 Å². The summed E-state index contributed by atoms with van der Waals surface area (Å²) in [6.45, 7) is 4.60. The van der Waals surface area contributed by atoms with Crippen molar-refractivity contribution in [1.29, 1.82) is 0 Å². The second kappa shape index (κ2) is 10.6. The number of carbonyl (C=O) groups excluding carboxylic acids is 2. The monoisotopic (exact) mass is 426 g/mol. The summed E-state index contributed by atoms with van der Waals surface area (Å²) in [5.74, 6) is 0.161. The number of amides is 2. The molecule has 0 unspecified atom stereocenters. The van der Waals surface area contributed by atoms with Crippen LogP contribution in [0.25, 0.3) is 0 Å². The molecule has 1 fully saturated rings. The fourth-order valence-corrected chi connectivity index (χ4v) is 4.24. The van der Waals surface area contributed by atoms with Gasteiger partial charge < -0.3 is 10.2 Å². The van der Waals surface area contributed by atoms with Crippen LogP contribution in [0.4, 0.5) is 0 Å². The summed E-state index contributed by atoms with van der Waals surface area (Å²) in [5.41, 5.74) is 2.88. The molecule has 1 N–H and O–H groups in total. The molecule has 30 heavy (non-hydrogen) atoms. The Kier molecular flexibility index (Phi) is 7.92. The average molecular weight is 427 g/mol. The summed E-state index contributed by atoms with van der Waals surface area (Å²) >= 11 is 5.96. The Morgan fingerprint density at radius 3 is 2.27 bits per heavy atom. The predicted octanol–water partition coefficient (Wildman–Crippen LogP) is 5.00. The quantitative estimate of drug-likeness (QED) is 0.633. The van der Waals surface area contributed by atoms with Crippen LogP contribution < -0.4 is 5.32 Å². The summed E-state index contributed by atoms with van der Waals surface area (Å²) in [6.07, 6.45) is 4.20. The van der Waals surface area contributed by atoms with Crippen LogP contribution in [0.2, 0.25) is 0 Å². The zero-order chi connectivity index (χ0) is 21.5. The van der Waals surface area contributed by atoms with Gasteiger partial charge in [0, 0.05) is 12.6 Å². The summed E-state index contributed by atoms with van der Waals surface area (Å²) in [6, 6.07) is 17.0. The molecule has 1 saturated carbocycles. The molecule has 0 bridgehead atoms.